The van der Waals surface area contributed by atoms with Gasteiger partial charge in [0.15, 0.2) is 0 Å². The zero-order valence-electron chi connectivity index (χ0n) is 19.7. The van der Waals surface area contributed by atoms with Crippen LogP contribution in [0.4, 0.5) is 0 Å². The van der Waals surface area contributed by atoms with Crippen molar-refractivity contribution < 1.29 is 9.53 Å². The highest BCUT2D eigenvalue weighted by Gasteiger charge is 2.26. The molecule has 0 saturated heterocycles. The van der Waals surface area contributed by atoms with Crippen molar-refractivity contribution in [2.75, 3.05) is 6.54 Å². The Bertz CT molecular complexity index is 524. The molecule has 1 aromatic carbocycles. The van der Waals surface area contributed by atoms with E-state index < -0.39 is 0 Å². The highest BCUT2D eigenvalue weighted by atomic mass is 16.6. The summed E-state index contributed by atoms with van der Waals surface area (Å²) in [5.74, 6) is -0.225. The fourth-order valence-corrected chi connectivity index (χ4v) is 3.08. The van der Waals surface area contributed by atoms with Gasteiger partial charge in [-0.3, -0.25) is 4.79 Å². The summed E-state index contributed by atoms with van der Waals surface area (Å²) in [4.78, 5) is 10.2. The first-order valence-corrected chi connectivity index (χ1v) is 10.3. The Morgan fingerprint density at radius 3 is 1.89 bits per heavy atom. The Labute approximate surface area is 169 Å². The number of aryl methyl sites for hydroxylation is 2. The molecule has 0 amide bonds. The molecule has 0 spiro atoms. The van der Waals surface area contributed by atoms with E-state index in [4.69, 9.17) is 10.5 Å². The first-order chi connectivity index (χ1) is 12.4. The quantitative estimate of drug-likeness (QED) is 0.596. The number of benzene rings is 1. The summed E-state index contributed by atoms with van der Waals surface area (Å²) in [5.41, 5.74) is 9.92. The smallest absolute Gasteiger partial charge is 0.303 e. The van der Waals surface area contributed by atoms with Crippen molar-refractivity contribution in [3.05, 3.63) is 34.9 Å². The monoisotopic (exact) mass is 379 g/mol. The molecule has 0 fully saturated rings. The molecule has 0 heterocycles. The Kier molecular flexibility index (Phi) is 14.2. The molecule has 0 aliphatic carbocycles. The van der Waals surface area contributed by atoms with Gasteiger partial charge in [-0.2, -0.15) is 0 Å². The first-order valence-electron chi connectivity index (χ1n) is 10.3. The lowest BCUT2D eigenvalue weighted by Crippen LogP contribution is -2.26. The lowest BCUT2D eigenvalue weighted by atomic mass is 9.74. The zero-order valence-corrected chi connectivity index (χ0v) is 19.7. The van der Waals surface area contributed by atoms with E-state index >= 15 is 0 Å². The van der Waals surface area contributed by atoms with Crippen LogP contribution in [0.5, 0.6) is 0 Å². The topological polar surface area (TPSA) is 52.3 Å². The number of rotatable bonds is 5. The van der Waals surface area contributed by atoms with E-state index in [2.05, 4.69) is 59.7 Å². The average Bonchev–Trinajstić information content (AvgIpc) is 2.49. The largest absolute Gasteiger partial charge is 0.460 e. The Hall–Kier alpha value is -1.35. The van der Waals surface area contributed by atoms with Crippen LogP contribution in [0.3, 0.4) is 0 Å². The van der Waals surface area contributed by atoms with Crippen LogP contribution >= 0.6 is 0 Å². The Balaban J connectivity index is 0. The summed E-state index contributed by atoms with van der Waals surface area (Å²) in [5, 5.41) is 0. The molecule has 3 nitrogen and oxygen atoms in total. The van der Waals surface area contributed by atoms with Crippen LogP contribution in [-0.4, -0.2) is 18.1 Å². The van der Waals surface area contributed by atoms with Crippen molar-refractivity contribution in [2.45, 2.75) is 106 Å². The number of hydrogen-bond donors (Lipinski definition) is 1. The van der Waals surface area contributed by atoms with E-state index in [0.717, 1.165) is 13.0 Å². The molecule has 158 valence electrons. The minimum absolute atomic E-state index is 0.225. The molecule has 1 unspecified atom stereocenters. The molecule has 1 atom stereocenters. The molecule has 2 N–H and O–H groups in total. The molecule has 27 heavy (non-hydrogen) atoms. The van der Waals surface area contributed by atoms with Crippen LogP contribution in [0.25, 0.3) is 0 Å². The number of esters is 1. The summed E-state index contributed by atoms with van der Waals surface area (Å²) in [7, 11) is 0. The van der Waals surface area contributed by atoms with Crippen LogP contribution in [0.2, 0.25) is 0 Å². The molecule has 1 rings (SSSR count). The highest BCUT2D eigenvalue weighted by molar-refractivity contribution is 5.66. The van der Waals surface area contributed by atoms with Gasteiger partial charge in [-0.1, -0.05) is 64.3 Å². The fraction of sp³-hybridized carbons (Fsp3) is 0.708. The maximum atomic E-state index is 10.2. The van der Waals surface area contributed by atoms with Crippen LogP contribution in [-0.2, 0) is 14.9 Å². The molecule has 0 aromatic heterocycles. The summed E-state index contributed by atoms with van der Waals surface area (Å²) >= 11 is 0. The summed E-state index contributed by atoms with van der Waals surface area (Å²) < 4.78 is 4.80. The number of nitrogens with two attached hydrogens (primary N) is 1. The van der Waals surface area contributed by atoms with Gasteiger partial charge in [-0.25, -0.2) is 0 Å². The van der Waals surface area contributed by atoms with Crippen molar-refractivity contribution in [3.63, 3.8) is 0 Å². The molecule has 0 radical (unpaired) electrons. The van der Waals surface area contributed by atoms with Gasteiger partial charge in [-0.05, 0) is 70.5 Å². The summed E-state index contributed by atoms with van der Waals surface area (Å²) in [6.45, 7) is 20.9. The van der Waals surface area contributed by atoms with Gasteiger partial charge in [0.1, 0.15) is 5.60 Å². The van der Waals surface area contributed by atoms with Crippen LogP contribution in [0, 0.1) is 13.8 Å². The Morgan fingerprint density at radius 1 is 1.04 bits per heavy atom. The number of hydrogen-bond acceptors (Lipinski definition) is 3. The predicted octanol–water partition coefficient (Wildman–Crippen LogP) is 6.47. The molecule has 0 aliphatic heterocycles. The first kappa shape index (κ1) is 27.9. The molecule has 0 saturated carbocycles. The Morgan fingerprint density at radius 2 is 1.56 bits per heavy atom. The van der Waals surface area contributed by atoms with Crippen molar-refractivity contribution >= 4 is 5.97 Å². The third-order valence-electron chi connectivity index (χ3n) is 3.99. The third-order valence-corrected chi connectivity index (χ3v) is 3.99. The minimum atomic E-state index is -0.328. The predicted molar refractivity (Wildman–Crippen MR) is 119 cm³/mol. The molecule has 1 aromatic rings. The molecular formula is C24H45NO2. The average molecular weight is 380 g/mol. The number of ether oxygens (including phenoxy) is 1. The van der Waals surface area contributed by atoms with E-state index in [1.807, 2.05) is 20.8 Å². The maximum Gasteiger partial charge on any atom is 0.303 e. The second kappa shape index (κ2) is 13.8. The van der Waals surface area contributed by atoms with Crippen molar-refractivity contribution in [2.24, 2.45) is 5.73 Å². The van der Waals surface area contributed by atoms with Crippen molar-refractivity contribution in [1.82, 2.24) is 0 Å². The second-order valence-corrected chi connectivity index (χ2v) is 8.58. The van der Waals surface area contributed by atoms with Crippen LogP contribution < -0.4 is 5.73 Å². The fourth-order valence-electron chi connectivity index (χ4n) is 3.08. The molecule has 0 aliphatic rings. The number of carbonyl (C=O) groups excluding carboxylic acids is 1. The van der Waals surface area contributed by atoms with E-state index in [1.165, 1.54) is 42.9 Å². The van der Waals surface area contributed by atoms with E-state index in [-0.39, 0.29) is 17.0 Å². The zero-order chi connectivity index (χ0) is 21.7. The van der Waals surface area contributed by atoms with E-state index in [1.54, 1.807) is 0 Å². The molecule has 3 heteroatoms. The lowest BCUT2D eigenvalue weighted by Gasteiger charge is -2.31. The van der Waals surface area contributed by atoms with Crippen molar-refractivity contribution in [1.29, 1.82) is 0 Å². The van der Waals surface area contributed by atoms with Gasteiger partial charge in [0.2, 0.25) is 0 Å². The summed E-state index contributed by atoms with van der Waals surface area (Å²) in [6.07, 6.45) is 4.75. The van der Waals surface area contributed by atoms with Gasteiger partial charge in [0, 0.05) is 6.92 Å². The maximum absolute atomic E-state index is 10.2. The second-order valence-electron chi connectivity index (χ2n) is 8.58. The van der Waals surface area contributed by atoms with E-state index in [0.29, 0.717) is 0 Å². The minimum Gasteiger partial charge on any atom is -0.460 e. The molecule has 0 bridgehead atoms. The van der Waals surface area contributed by atoms with Crippen molar-refractivity contribution in [3.8, 4) is 0 Å². The van der Waals surface area contributed by atoms with Crippen LogP contribution in [0.1, 0.15) is 97.8 Å². The van der Waals surface area contributed by atoms with Gasteiger partial charge >= 0.3 is 5.97 Å². The van der Waals surface area contributed by atoms with Gasteiger partial charge in [0.05, 0.1) is 0 Å². The summed E-state index contributed by atoms with van der Waals surface area (Å²) in [6, 6.07) is 6.75. The van der Waals surface area contributed by atoms with Gasteiger partial charge in [-0.15, -0.1) is 0 Å². The molecular weight excluding hydrogens is 334 g/mol. The standard InChI is InChI=1S/C15H25N.C6H12O2.C3H8/c1-5-8-15(4,9-10-16)14-11-12(2)6-7-13(14)3;1-5(7)8-6(2,3)4;1-3-2/h6-7,11H,5,8-10,16H2,1-4H3;1-4H3;3H2,1-2H3. The SMILES string of the molecule is CC(=O)OC(C)(C)C.CCC.CCCC(C)(CCN)c1cc(C)ccc1C. The highest BCUT2D eigenvalue weighted by Crippen LogP contribution is 2.34. The van der Waals surface area contributed by atoms with E-state index in [9.17, 15) is 4.79 Å². The van der Waals surface area contributed by atoms with Crippen LogP contribution in [0.15, 0.2) is 18.2 Å². The number of carbonyl (C=O) groups is 1. The third kappa shape index (κ3) is 13.5. The van der Waals surface area contributed by atoms with Gasteiger partial charge in [0.25, 0.3) is 0 Å². The van der Waals surface area contributed by atoms with Gasteiger partial charge < -0.3 is 10.5 Å². The normalized spacial score (nSPS) is 12.7. The lowest BCUT2D eigenvalue weighted by molar-refractivity contribution is -0.151.